The van der Waals surface area contributed by atoms with Crippen LogP contribution in [0.4, 0.5) is 0 Å². The lowest BCUT2D eigenvalue weighted by Crippen LogP contribution is -2.00. The van der Waals surface area contributed by atoms with Gasteiger partial charge in [0.2, 0.25) is 0 Å². The van der Waals surface area contributed by atoms with Crippen molar-refractivity contribution in [1.82, 2.24) is 14.5 Å². The number of halogens is 3. The van der Waals surface area contributed by atoms with E-state index in [0.29, 0.717) is 5.88 Å². The van der Waals surface area contributed by atoms with Crippen molar-refractivity contribution in [3.05, 3.63) is 50.4 Å². The highest BCUT2D eigenvalue weighted by Gasteiger charge is 2.13. The minimum atomic E-state index is 0.347. The fraction of sp³-hybridized carbons (Fsp3) is 0.0769. The number of alkyl halides is 1. The molecule has 0 aliphatic heterocycles. The second-order valence-electron chi connectivity index (χ2n) is 3.97. The Hall–Kier alpha value is -0.660. The van der Waals surface area contributed by atoms with E-state index in [9.17, 15) is 0 Å². The molecule has 0 atom stereocenters. The van der Waals surface area contributed by atoms with Crippen LogP contribution >= 0.6 is 50.1 Å². The minimum absolute atomic E-state index is 0.347. The maximum atomic E-state index is 6.00. The number of rotatable bonds is 2. The van der Waals surface area contributed by atoms with Crippen molar-refractivity contribution in [2.45, 2.75) is 5.88 Å². The van der Waals surface area contributed by atoms with Gasteiger partial charge in [0.1, 0.15) is 11.3 Å². The number of benzene rings is 1. The molecule has 0 radical (unpaired) electrons. The van der Waals surface area contributed by atoms with Crippen LogP contribution in [0.1, 0.15) is 5.82 Å². The largest absolute Gasteiger partial charge is 0.280 e. The lowest BCUT2D eigenvalue weighted by atomic mass is 10.3. The van der Waals surface area contributed by atoms with E-state index >= 15 is 0 Å². The molecule has 3 nitrogen and oxygen atoms in total. The Labute approximate surface area is 137 Å². The summed E-state index contributed by atoms with van der Waals surface area (Å²) in [5.74, 6) is 1.14. The molecule has 6 heteroatoms. The lowest BCUT2D eigenvalue weighted by molar-refractivity contribution is 0.969. The van der Waals surface area contributed by atoms with E-state index in [0.717, 1.165) is 27.1 Å². The Morgan fingerprint density at radius 2 is 2.00 bits per heavy atom. The van der Waals surface area contributed by atoms with E-state index in [1.165, 1.54) is 3.57 Å². The molecule has 3 aromatic rings. The van der Waals surface area contributed by atoms with Crippen LogP contribution in [-0.4, -0.2) is 14.5 Å². The normalized spacial score (nSPS) is 11.1. The molecule has 0 N–H and O–H groups in total. The standard InChI is InChI=1S/C13H8BrClIN3/c14-8-5-11-13(17-7-8)19(12(6-15)18-11)10-3-1-9(16)2-4-10/h1-5,7H,6H2. The summed E-state index contributed by atoms with van der Waals surface area (Å²) in [5, 5.41) is 0. The van der Waals surface area contributed by atoms with Gasteiger partial charge in [0.25, 0.3) is 0 Å². The first kappa shape index (κ1) is 13.3. The average Bonchev–Trinajstić information content (AvgIpc) is 2.77. The highest BCUT2D eigenvalue weighted by molar-refractivity contribution is 14.1. The molecular formula is C13H8BrClIN3. The molecule has 0 unspecified atom stereocenters. The molecule has 0 aliphatic rings. The summed E-state index contributed by atoms with van der Waals surface area (Å²) in [6.07, 6.45) is 1.77. The molecule has 0 amide bonds. The van der Waals surface area contributed by atoms with Crippen LogP contribution in [-0.2, 0) is 5.88 Å². The van der Waals surface area contributed by atoms with E-state index in [-0.39, 0.29) is 0 Å². The highest BCUT2D eigenvalue weighted by atomic mass is 127. The zero-order valence-electron chi connectivity index (χ0n) is 9.65. The Morgan fingerprint density at radius 3 is 2.68 bits per heavy atom. The SMILES string of the molecule is ClCc1nc2cc(Br)cnc2n1-c1ccc(I)cc1. The summed E-state index contributed by atoms with van der Waals surface area (Å²) in [5.41, 5.74) is 2.68. The molecule has 19 heavy (non-hydrogen) atoms. The van der Waals surface area contributed by atoms with E-state index in [1.54, 1.807) is 6.20 Å². The second kappa shape index (κ2) is 5.38. The highest BCUT2D eigenvalue weighted by Crippen LogP contribution is 2.23. The number of fused-ring (bicyclic) bond motifs is 1. The Morgan fingerprint density at radius 1 is 1.26 bits per heavy atom. The first-order chi connectivity index (χ1) is 9.19. The third-order valence-electron chi connectivity index (χ3n) is 2.74. The summed E-state index contributed by atoms with van der Waals surface area (Å²) in [7, 11) is 0. The van der Waals surface area contributed by atoms with Crippen molar-refractivity contribution in [3.8, 4) is 5.69 Å². The van der Waals surface area contributed by atoms with Crippen molar-refractivity contribution in [2.75, 3.05) is 0 Å². The molecule has 0 saturated carbocycles. The van der Waals surface area contributed by atoms with Crippen LogP contribution in [0.15, 0.2) is 41.0 Å². The first-order valence-electron chi connectivity index (χ1n) is 5.54. The summed E-state index contributed by atoms with van der Waals surface area (Å²) in [4.78, 5) is 8.97. The van der Waals surface area contributed by atoms with E-state index in [2.05, 4.69) is 60.6 Å². The fourth-order valence-corrected chi connectivity index (χ4v) is 2.80. The molecule has 0 fully saturated rings. The number of imidazole rings is 1. The van der Waals surface area contributed by atoms with Gasteiger partial charge in [-0.15, -0.1) is 11.6 Å². The molecule has 0 spiro atoms. The predicted octanol–water partition coefficient (Wildman–Crippen LogP) is 4.53. The smallest absolute Gasteiger partial charge is 0.164 e. The molecule has 2 heterocycles. The molecule has 96 valence electrons. The third kappa shape index (κ3) is 2.51. The van der Waals surface area contributed by atoms with Gasteiger partial charge in [-0.25, -0.2) is 9.97 Å². The second-order valence-corrected chi connectivity index (χ2v) is 6.40. The number of nitrogens with zero attached hydrogens (tertiary/aromatic N) is 3. The van der Waals surface area contributed by atoms with Crippen LogP contribution in [0.5, 0.6) is 0 Å². The molecule has 0 bridgehead atoms. The third-order valence-corrected chi connectivity index (χ3v) is 4.13. The van der Waals surface area contributed by atoms with E-state index < -0.39 is 0 Å². The van der Waals surface area contributed by atoms with Crippen LogP contribution < -0.4 is 0 Å². The average molecular weight is 448 g/mol. The fourth-order valence-electron chi connectivity index (χ4n) is 1.94. The Kier molecular flexibility index (Phi) is 3.77. The summed E-state index contributed by atoms with van der Waals surface area (Å²) >= 11 is 11.7. The van der Waals surface area contributed by atoms with Crippen molar-refractivity contribution in [2.24, 2.45) is 0 Å². The van der Waals surface area contributed by atoms with E-state index in [1.807, 2.05) is 22.8 Å². The van der Waals surface area contributed by atoms with Gasteiger partial charge in [0.05, 0.1) is 5.88 Å². The van der Waals surface area contributed by atoms with Crippen LogP contribution in [0.25, 0.3) is 16.9 Å². The van der Waals surface area contributed by atoms with Crippen molar-refractivity contribution < 1.29 is 0 Å². The summed E-state index contributed by atoms with van der Waals surface area (Å²) in [6, 6.07) is 10.1. The Balaban J connectivity index is 2.29. The maximum Gasteiger partial charge on any atom is 0.164 e. The zero-order chi connectivity index (χ0) is 13.4. The molecule has 0 saturated heterocycles. The number of pyridine rings is 1. The topological polar surface area (TPSA) is 30.7 Å². The Bertz CT molecular complexity index is 739. The van der Waals surface area contributed by atoms with Gasteiger partial charge in [-0.1, -0.05) is 0 Å². The summed E-state index contributed by atoms with van der Waals surface area (Å²) < 4.78 is 4.09. The van der Waals surface area contributed by atoms with Crippen LogP contribution in [0.3, 0.4) is 0 Å². The van der Waals surface area contributed by atoms with Gasteiger partial charge >= 0.3 is 0 Å². The van der Waals surface area contributed by atoms with Crippen molar-refractivity contribution in [1.29, 1.82) is 0 Å². The van der Waals surface area contributed by atoms with E-state index in [4.69, 9.17) is 11.6 Å². The molecule has 2 aromatic heterocycles. The van der Waals surface area contributed by atoms with Gasteiger partial charge < -0.3 is 0 Å². The molecule has 3 rings (SSSR count). The van der Waals surface area contributed by atoms with Crippen LogP contribution in [0.2, 0.25) is 0 Å². The zero-order valence-corrected chi connectivity index (χ0v) is 14.1. The first-order valence-corrected chi connectivity index (χ1v) is 7.94. The number of aromatic nitrogens is 3. The molecular weight excluding hydrogens is 440 g/mol. The summed E-state index contributed by atoms with van der Waals surface area (Å²) in [6.45, 7) is 0. The van der Waals surface area contributed by atoms with Gasteiger partial charge in [0, 0.05) is 19.9 Å². The number of hydrogen-bond acceptors (Lipinski definition) is 2. The van der Waals surface area contributed by atoms with Gasteiger partial charge in [-0.2, -0.15) is 0 Å². The quantitative estimate of drug-likeness (QED) is 0.426. The molecule has 0 aliphatic carbocycles. The minimum Gasteiger partial charge on any atom is -0.280 e. The van der Waals surface area contributed by atoms with Crippen molar-refractivity contribution in [3.63, 3.8) is 0 Å². The maximum absolute atomic E-state index is 6.00. The van der Waals surface area contributed by atoms with Gasteiger partial charge in [0.15, 0.2) is 5.65 Å². The van der Waals surface area contributed by atoms with Gasteiger partial charge in [-0.3, -0.25) is 4.57 Å². The van der Waals surface area contributed by atoms with Gasteiger partial charge in [-0.05, 0) is 68.9 Å². The number of hydrogen-bond donors (Lipinski definition) is 0. The molecule has 1 aromatic carbocycles. The monoisotopic (exact) mass is 447 g/mol. The van der Waals surface area contributed by atoms with Crippen LogP contribution in [0, 0.1) is 3.57 Å². The lowest BCUT2D eigenvalue weighted by Gasteiger charge is -2.07. The predicted molar refractivity (Wildman–Crippen MR) is 88.8 cm³/mol. The van der Waals surface area contributed by atoms with Crippen molar-refractivity contribution >= 4 is 61.3 Å².